The molecule has 0 aliphatic heterocycles. The van der Waals surface area contributed by atoms with Gasteiger partial charge in [0.2, 0.25) is 0 Å². The van der Waals surface area contributed by atoms with Gasteiger partial charge in [-0.05, 0) is 32.8 Å². The fourth-order valence-corrected chi connectivity index (χ4v) is 3.02. The molecule has 0 bridgehead atoms. The molecule has 0 N–H and O–H groups in total. The molecule has 0 aliphatic rings. The lowest BCUT2D eigenvalue weighted by Crippen LogP contribution is -2.11. The molecule has 0 radical (unpaired) electrons. The molecule has 0 atom stereocenters. The molecule has 2 heterocycles. The maximum atomic E-state index is 6.10. The van der Waals surface area contributed by atoms with E-state index in [1.165, 1.54) is 17.0 Å². The Balaban J connectivity index is 2.40. The van der Waals surface area contributed by atoms with Crippen LogP contribution in [0.2, 0.25) is 0 Å². The van der Waals surface area contributed by atoms with E-state index in [-0.39, 0.29) is 0 Å². The molecule has 2 rings (SSSR count). The van der Waals surface area contributed by atoms with Crippen molar-refractivity contribution in [2.24, 2.45) is 0 Å². The molecular weight excluding hydrogens is 272 g/mol. The third-order valence-corrected chi connectivity index (χ3v) is 3.92. The van der Waals surface area contributed by atoms with Gasteiger partial charge < -0.3 is 0 Å². The maximum Gasteiger partial charge on any atom is 0.0831 e. The van der Waals surface area contributed by atoms with Crippen LogP contribution in [-0.4, -0.2) is 19.6 Å². The van der Waals surface area contributed by atoms with E-state index < -0.39 is 0 Å². The number of alkyl halides is 1. The monoisotopic (exact) mass is 294 g/mol. The predicted molar refractivity (Wildman–Crippen MR) is 82.3 cm³/mol. The van der Waals surface area contributed by atoms with E-state index in [1.807, 2.05) is 11.6 Å². The molecule has 0 aliphatic carbocycles. The molecule has 2 aromatic rings. The van der Waals surface area contributed by atoms with Gasteiger partial charge >= 0.3 is 0 Å². The van der Waals surface area contributed by atoms with Crippen LogP contribution in [0.3, 0.4) is 0 Å². The lowest BCUT2D eigenvalue weighted by atomic mass is 10.1. The Morgan fingerprint density at radius 2 is 1.85 bits per heavy atom. The average molecular weight is 295 g/mol. The van der Waals surface area contributed by atoms with Crippen LogP contribution >= 0.6 is 11.6 Å². The number of nitrogens with zero attached hydrogens (tertiary/aromatic N) is 4. The van der Waals surface area contributed by atoms with Gasteiger partial charge in [-0.1, -0.05) is 13.8 Å². The van der Waals surface area contributed by atoms with Crippen LogP contribution in [0.15, 0.2) is 6.07 Å². The van der Waals surface area contributed by atoms with Gasteiger partial charge in [-0.15, -0.1) is 11.6 Å². The minimum absolute atomic E-state index is 0.540. The lowest BCUT2D eigenvalue weighted by Gasteiger charge is -2.08. The normalized spacial score (nSPS) is 11.2. The Hall–Kier alpha value is -1.29. The zero-order valence-corrected chi connectivity index (χ0v) is 13.5. The van der Waals surface area contributed by atoms with Gasteiger partial charge in [-0.3, -0.25) is 9.36 Å². The number of halogens is 1. The zero-order chi connectivity index (χ0) is 14.7. The van der Waals surface area contributed by atoms with Crippen LogP contribution in [0.4, 0.5) is 0 Å². The molecule has 0 saturated heterocycles. The highest BCUT2D eigenvalue weighted by Crippen LogP contribution is 2.20. The second kappa shape index (κ2) is 6.44. The summed E-state index contributed by atoms with van der Waals surface area (Å²) in [6, 6.07) is 2.14. The van der Waals surface area contributed by atoms with Crippen molar-refractivity contribution in [3.63, 3.8) is 0 Å². The number of hydrogen-bond donors (Lipinski definition) is 0. The first kappa shape index (κ1) is 15.1. The van der Waals surface area contributed by atoms with Crippen LogP contribution < -0.4 is 0 Å². The first-order valence-corrected chi connectivity index (χ1v) is 7.84. The van der Waals surface area contributed by atoms with Gasteiger partial charge in [0.1, 0.15) is 0 Å². The van der Waals surface area contributed by atoms with Crippen molar-refractivity contribution < 1.29 is 0 Å². The molecule has 2 aromatic heterocycles. The summed E-state index contributed by atoms with van der Waals surface area (Å²) in [6.45, 7) is 10.1. The summed E-state index contributed by atoms with van der Waals surface area (Å²) in [6.07, 6.45) is 1.88. The largest absolute Gasteiger partial charge is 0.268 e. The highest BCUT2D eigenvalue weighted by molar-refractivity contribution is 6.17. The zero-order valence-electron chi connectivity index (χ0n) is 12.8. The van der Waals surface area contributed by atoms with Crippen molar-refractivity contribution in [3.05, 3.63) is 34.4 Å². The van der Waals surface area contributed by atoms with E-state index in [2.05, 4.69) is 36.6 Å². The first-order valence-electron chi connectivity index (χ1n) is 7.31. The fraction of sp³-hybridized carbons (Fsp3) is 0.600. The molecule has 0 unspecified atom stereocenters. The van der Waals surface area contributed by atoms with Gasteiger partial charge in [0.15, 0.2) is 0 Å². The molecule has 0 amide bonds. The number of rotatable bonds is 6. The number of hydrogen-bond acceptors (Lipinski definition) is 2. The Morgan fingerprint density at radius 1 is 1.10 bits per heavy atom. The molecule has 5 heteroatoms. The van der Waals surface area contributed by atoms with Crippen molar-refractivity contribution in [2.75, 3.05) is 0 Å². The third-order valence-electron chi connectivity index (χ3n) is 3.65. The highest BCUT2D eigenvalue weighted by atomic mass is 35.5. The minimum atomic E-state index is 0.540. The van der Waals surface area contributed by atoms with Gasteiger partial charge in [-0.2, -0.15) is 10.2 Å². The number of aryl methyl sites for hydroxylation is 3. The summed E-state index contributed by atoms with van der Waals surface area (Å²) < 4.78 is 4.14. The third kappa shape index (κ3) is 2.75. The van der Waals surface area contributed by atoms with Crippen molar-refractivity contribution in [2.45, 2.75) is 59.5 Å². The quantitative estimate of drug-likeness (QED) is 0.766. The molecular formula is C15H23ClN4. The lowest BCUT2D eigenvalue weighted by molar-refractivity contribution is 0.560. The summed E-state index contributed by atoms with van der Waals surface area (Å²) in [5.74, 6) is 0.540. The summed E-state index contributed by atoms with van der Waals surface area (Å²) in [4.78, 5) is 0. The molecule has 0 saturated carbocycles. The Bertz CT molecular complexity index is 583. The summed E-state index contributed by atoms with van der Waals surface area (Å²) >= 11 is 6.10. The minimum Gasteiger partial charge on any atom is -0.268 e. The standard InChI is InChI=1S/C15H23ClN4/c1-5-14-13(9-16)15(6-2)20(18-14)10-12-8-11(4)17-19(12)7-3/h8H,5-7,9-10H2,1-4H3. The van der Waals surface area contributed by atoms with Gasteiger partial charge in [-0.25, -0.2) is 0 Å². The molecule has 0 fully saturated rings. The van der Waals surface area contributed by atoms with Crippen molar-refractivity contribution >= 4 is 11.6 Å². The number of aromatic nitrogens is 4. The van der Waals surface area contributed by atoms with Crippen LogP contribution in [-0.2, 0) is 31.8 Å². The van der Waals surface area contributed by atoms with Gasteiger partial charge in [0, 0.05) is 17.8 Å². The Labute approximate surface area is 125 Å². The van der Waals surface area contributed by atoms with E-state index in [4.69, 9.17) is 16.7 Å². The van der Waals surface area contributed by atoms with Crippen LogP contribution in [0.25, 0.3) is 0 Å². The first-order chi connectivity index (χ1) is 9.64. The van der Waals surface area contributed by atoms with E-state index in [0.717, 1.165) is 37.3 Å². The topological polar surface area (TPSA) is 35.6 Å². The van der Waals surface area contributed by atoms with Gasteiger partial charge in [0.25, 0.3) is 0 Å². The molecule has 0 aromatic carbocycles. The van der Waals surface area contributed by atoms with Crippen LogP contribution in [0.5, 0.6) is 0 Å². The van der Waals surface area contributed by atoms with E-state index in [9.17, 15) is 0 Å². The van der Waals surface area contributed by atoms with Crippen molar-refractivity contribution in [1.82, 2.24) is 19.6 Å². The maximum absolute atomic E-state index is 6.10. The van der Waals surface area contributed by atoms with Crippen molar-refractivity contribution in [1.29, 1.82) is 0 Å². The van der Waals surface area contributed by atoms with Gasteiger partial charge in [0.05, 0.1) is 29.5 Å². The van der Waals surface area contributed by atoms with Crippen LogP contribution in [0, 0.1) is 6.92 Å². The van der Waals surface area contributed by atoms with E-state index >= 15 is 0 Å². The van der Waals surface area contributed by atoms with Crippen molar-refractivity contribution in [3.8, 4) is 0 Å². The van der Waals surface area contributed by atoms with Crippen LogP contribution in [0.1, 0.15) is 49.1 Å². The molecule has 4 nitrogen and oxygen atoms in total. The molecule has 20 heavy (non-hydrogen) atoms. The van der Waals surface area contributed by atoms with E-state index in [0.29, 0.717) is 5.88 Å². The SMILES string of the molecule is CCc1nn(Cc2cc(C)nn2CC)c(CC)c1CCl. The second-order valence-electron chi connectivity index (χ2n) is 4.96. The molecule has 110 valence electrons. The molecule has 0 spiro atoms. The highest BCUT2D eigenvalue weighted by Gasteiger charge is 2.16. The van der Waals surface area contributed by atoms with E-state index in [1.54, 1.807) is 0 Å². The smallest absolute Gasteiger partial charge is 0.0831 e. The average Bonchev–Trinajstić information content (AvgIpc) is 2.98. The summed E-state index contributed by atoms with van der Waals surface area (Å²) in [5, 5.41) is 9.24. The second-order valence-corrected chi connectivity index (χ2v) is 5.23. The Kier molecular flexibility index (Phi) is 4.86. The fourth-order valence-electron chi connectivity index (χ4n) is 2.71. The predicted octanol–water partition coefficient (Wildman–Crippen LogP) is 3.32. The Morgan fingerprint density at radius 3 is 2.40 bits per heavy atom. The summed E-state index contributed by atoms with van der Waals surface area (Å²) in [5.41, 5.74) is 5.83. The summed E-state index contributed by atoms with van der Waals surface area (Å²) in [7, 11) is 0.